The average Bonchev–Trinajstić information content (AvgIpc) is 3.22. The molecular formula is C18H18N4OS. The normalized spacial score (nSPS) is 13.9. The van der Waals surface area contributed by atoms with Crippen LogP contribution in [0.5, 0.6) is 0 Å². The quantitative estimate of drug-likeness (QED) is 0.776. The lowest BCUT2D eigenvalue weighted by molar-refractivity contribution is 0.0941. The fraction of sp³-hybridized carbons (Fsp3) is 0.278. The molecule has 1 aliphatic rings. The van der Waals surface area contributed by atoms with E-state index in [0.29, 0.717) is 18.2 Å². The predicted octanol–water partition coefficient (Wildman–Crippen LogP) is 3.35. The minimum absolute atomic E-state index is 0.105. The van der Waals surface area contributed by atoms with Gasteiger partial charge >= 0.3 is 0 Å². The minimum Gasteiger partial charge on any atom is -0.345 e. The second kappa shape index (κ2) is 6.20. The van der Waals surface area contributed by atoms with Crippen LogP contribution in [0, 0.1) is 0 Å². The number of nitrogens with one attached hydrogen (secondary N) is 1. The fourth-order valence-corrected chi connectivity index (χ4v) is 3.47. The summed E-state index contributed by atoms with van der Waals surface area (Å²) in [5.74, 6) is 0.441. The molecule has 6 heteroatoms. The number of rotatable bonds is 5. The second-order valence-electron chi connectivity index (χ2n) is 6.05. The summed E-state index contributed by atoms with van der Waals surface area (Å²) in [4.78, 5) is 17.0. The number of carbonyl (C=O) groups is 1. The van der Waals surface area contributed by atoms with Gasteiger partial charge in [0, 0.05) is 23.9 Å². The first-order valence-corrected chi connectivity index (χ1v) is 8.90. The number of hydrogen-bond acceptors (Lipinski definition) is 4. The molecule has 0 radical (unpaired) electrons. The van der Waals surface area contributed by atoms with Crippen molar-refractivity contribution in [3.8, 4) is 10.6 Å². The van der Waals surface area contributed by atoms with E-state index in [1.165, 1.54) is 12.8 Å². The van der Waals surface area contributed by atoms with Gasteiger partial charge in [0.2, 0.25) is 0 Å². The highest BCUT2D eigenvalue weighted by molar-refractivity contribution is 7.13. The maximum atomic E-state index is 12.4. The van der Waals surface area contributed by atoms with Crippen molar-refractivity contribution in [2.24, 2.45) is 7.05 Å². The van der Waals surface area contributed by atoms with Crippen LogP contribution in [0.1, 0.15) is 40.6 Å². The molecule has 24 heavy (non-hydrogen) atoms. The van der Waals surface area contributed by atoms with Gasteiger partial charge in [-0.2, -0.15) is 5.10 Å². The highest BCUT2D eigenvalue weighted by Gasteiger charge is 2.28. The number of benzene rings is 1. The molecule has 1 fully saturated rings. The Morgan fingerprint density at radius 2 is 2.12 bits per heavy atom. The highest BCUT2D eigenvalue weighted by atomic mass is 32.1. The molecule has 5 nitrogen and oxygen atoms in total. The van der Waals surface area contributed by atoms with Crippen molar-refractivity contribution >= 4 is 17.2 Å². The van der Waals surface area contributed by atoms with Crippen molar-refractivity contribution in [1.29, 1.82) is 0 Å². The van der Waals surface area contributed by atoms with Gasteiger partial charge in [-0.3, -0.25) is 9.48 Å². The van der Waals surface area contributed by atoms with E-state index < -0.39 is 0 Å². The molecule has 1 N–H and O–H groups in total. The second-order valence-corrected chi connectivity index (χ2v) is 6.90. The molecule has 122 valence electrons. The molecule has 1 amide bonds. The van der Waals surface area contributed by atoms with Gasteiger partial charge in [0.25, 0.3) is 5.91 Å². The van der Waals surface area contributed by atoms with E-state index in [-0.39, 0.29) is 5.91 Å². The fourth-order valence-electron chi connectivity index (χ4n) is 2.64. The lowest BCUT2D eigenvalue weighted by atomic mass is 10.2. The number of nitrogens with zero attached hydrogens (tertiary/aromatic N) is 3. The van der Waals surface area contributed by atoms with Gasteiger partial charge in [0.15, 0.2) is 0 Å². The van der Waals surface area contributed by atoms with Gasteiger partial charge < -0.3 is 5.32 Å². The number of thiazole rings is 1. The van der Waals surface area contributed by atoms with Gasteiger partial charge in [0.1, 0.15) is 10.7 Å². The summed E-state index contributed by atoms with van der Waals surface area (Å²) in [5.41, 5.74) is 3.61. The molecule has 2 heterocycles. The molecule has 0 unspecified atom stereocenters. The van der Waals surface area contributed by atoms with Crippen LogP contribution in [0.3, 0.4) is 0 Å². The van der Waals surface area contributed by atoms with Crippen molar-refractivity contribution in [1.82, 2.24) is 20.1 Å². The number of carbonyl (C=O) groups excluding carboxylic acids is 1. The van der Waals surface area contributed by atoms with Crippen molar-refractivity contribution in [2.75, 3.05) is 0 Å². The molecule has 0 aliphatic heterocycles. The van der Waals surface area contributed by atoms with E-state index in [2.05, 4.69) is 15.4 Å². The Bertz CT molecular complexity index is 864. The van der Waals surface area contributed by atoms with E-state index in [4.69, 9.17) is 0 Å². The smallest absolute Gasteiger partial charge is 0.269 e. The summed E-state index contributed by atoms with van der Waals surface area (Å²) in [6, 6.07) is 12.0. The zero-order chi connectivity index (χ0) is 16.5. The van der Waals surface area contributed by atoms with Crippen molar-refractivity contribution in [3.05, 3.63) is 58.9 Å². The molecule has 0 spiro atoms. The first kappa shape index (κ1) is 15.1. The van der Waals surface area contributed by atoms with Gasteiger partial charge in [-0.15, -0.1) is 11.3 Å². The van der Waals surface area contributed by atoms with Crippen LogP contribution in [0.4, 0.5) is 0 Å². The Hall–Kier alpha value is -2.47. The molecule has 2 aromatic heterocycles. The van der Waals surface area contributed by atoms with Gasteiger partial charge in [-0.1, -0.05) is 30.3 Å². The summed E-state index contributed by atoms with van der Waals surface area (Å²) in [5, 5.41) is 10.3. The molecule has 0 atom stereocenters. The van der Waals surface area contributed by atoms with Crippen LogP contribution < -0.4 is 5.32 Å². The van der Waals surface area contributed by atoms with Crippen molar-refractivity contribution in [3.63, 3.8) is 0 Å². The standard InChI is InChI=1S/C18H18N4OS/c1-22-16(9-15(21-22)12-7-8-12)17(23)19-10-14-11-24-18(20-14)13-5-3-2-4-6-13/h2-6,9,11-12H,7-8,10H2,1H3,(H,19,23). The van der Waals surface area contributed by atoms with Gasteiger partial charge in [-0.05, 0) is 18.9 Å². The van der Waals surface area contributed by atoms with Crippen LogP contribution in [0.2, 0.25) is 0 Å². The van der Waals surface area contributed by atoms with E-state index in [1.54, 1.807) is 16.0 Å². The SMILES string of the molecule is Cn1nc(C2CC2)cc1C(=O)NCc1csc(-c2ccccc2)n1. The van der Waals surface area contributed by atoms with Crippen molar-refractivity contribution < 1.29 is 4.79 Å². The van der Waals surface area contributed by atoms with E-state index in [1.807, 2.05) is 48.8 Å². The lowest BCUT2D eigenvalue weighted by Gasteiger charge is -2.03. The average molecular weight is 338 g/mol. The maximum absolute atomic E-state index is 12.4. The molecule has 4 rings (SSSR count). The lowest BCUT2D eigenvalue weighted by Crippen LogP contribution is -2.25. The van der Waals surface area contributed by atoms with E-state index >= 15 is 0 Å². The zero-order valence-corrected chi connectivity index (χ0v) is 14.2. The zero-order valence-electron chi connectivity index (χ0n) is 13.4. The molecule has 1 aliphatic carbocycles. The number of amides is 1. The molecule has 0 saturated heterocycles. The minimum atomic E-state index is -0.105. The number of hydrogen-bond donors (Lipinski definition) is 1. The molecular weight excluding hydrogens is 320 g/mol. The largest absolute Gasteiger partial charge is 0.345 e. The topological polar surface area (TPSA) is 59.8 Å². The van der Waals surface area contributed by atoms with Crippen LogP contribution in [0.25, 0.3) is 10.6 Å². The maximum Gasteiger partial charge on any atom is 0.269 e. The van der Waals surface area contributed by atoms with Crippen LogP contribution in [-0.4, -0.2) is 20.7 Å². The summed E-state index contributed by atoms with van der Waals surface area (Å²) in [6.07, 6.45) is 2.36. The van der Waals surface area contributed by atoms with Crippen molar-refractivity contribution in [2.45, 2.75) is 25.3 Å². The molecule has 1 aromatic carbocycles. The third-order valence-corrected chi connectivity index (χ3v) is 5.07. The summed E-state index contributed by atoms with van der Waals surface area (Å²) in [7, 11) is 1.82. The highest BCUT2D eigenvalue weighted by Crippen LogP contribution is 2.39. The Labute approximate surface area is 144 Å². The summed E-state index contributed by atoms with van der Waals surface area (Å²) < 4.78 is 1.67. The molecule has 0 bridgehead atoms. The van der Waals surface area contributed by atoms with Crippen LogP contribution >= 0.6 is 11.3 Å². The first-order chi connectivity index (χ1) is 11.7. The van der Waals surface area contributed by atoms with E-state index in [9.17, 15) is 4.79 Å². The summed E-state index contributed by atoms with van der Waals surface area (Å²) in [6.45, 7) is 0.423. The molecule has 1 saturated carbocycles. The first-order valence-electron chi connectivity index (χ1n) is 8.02. The Kier molecular flexibility index (Phi) is 3.90. The molecule has 3 aromatic rings. The Balaban J connectivity index is 1.41. The monoisotopic (exact) mass is 338 g/mol. The van der Waals surface area contributed by atoms with Crippen LogP contribution in [-0.2, 0) is 13.6 Å². The number of aryl methyl sites for hydroxylation is 1. The Morgan fingerprint density at radius 1 is 1.33 bits per heavy atom. The van der Waals surface area contributed by atoms with Crippen LogP contribution in [0.15, 0.2) is 41.8 Å². The van der Waals surface area contributed by atoms with Gasteiger partial charge in [-0.25, -0.2) is 4.98 Å². The predicted molar refractivity (Wildman–Crippen MR) is 93.9 cm³/mol. The number of aromatic nitrogens is 3. The third kappa shape index (κ3) is 3.10. The third-order valence-electron chi connectivity index (χ3n) is 4.13. The van der Waals surface area contributed by atoms with Gasteiger partial charge in [0.05, 0.1) is 17.9 Å². The summed E-state index contributed by atoms with van der Waals surface area (Å²) >= 11 is 1.59. The Morgan fingerprint density at radius 3 is 2.88 bits per heavy atom. The van der Waals surface area contributed by atoms with E-state index in [0.717, 1.165) is 22.0 Å².